The van der Waals surface area contributed by atoms with Crippen molar-refractivity contribution in [3.8, 4) is 5.75 Å². The summed E-state index contributed by atoms with van der Waals surface area (Å²) in [6.45, 7) is 3.82. The Kier molecular flexibility index (Phi) is 6.36. The molecule has 0 aliphatic carbocycles. The maximum absolute atomic E-state index is 13.5. The summed E-state index contributed by atoms with van der Waals surface area (Å²) in [4.78, 5) is 29.4. The van der Waals surface area contributed by atoms with Crippen LogP contribution in [0.4, 0.5) is 11.6 Å². The smallest absolute Gasteiger partial charge is 0.335 e. The van der Waals surface area contributed by atoms with Crippen molar-refractivity contribution in [3.05, 3.63) is 70.9 Å². The first kappa shape index (κ1) is 22.4. The van der Waals surface area contributed by atoms with Crippen molar-refractivity contribution in [3.63, 3.8) is 0 Å². The van der Waals surface area contributed by atoms with Crippen molar-refractivity contribution in [2.45, 2.75) is 25.0 Å². The Bertz CT molecular complexity index is 1240. The fraction of sp³-hybridized carbons (Fsp3) is 0.217. The van der Waals surface area contributed by atoms with Crippen LogP contribution in [0.15, 0.2) is 65.0 Å². The monoisotopic (exact) mass is 465 g/mol. The first-order valence-electron chi connectivity index (χ1n) is 10.3. The Morgan fingerprint density at radius 1 is 1.21 bits per heavy atom. The zero-order valence-electron chi connectivity index (χ0n) is 18.3. The van der Waals surface area contributed by atoms with Crippen molar-refractivity contribution in [2.24, 2.45) is 0 Å². The lowest BCUT2D eigenvalue weighted by Gasteiger charge is -2.28. The number of hydrogen-bond donors (Lipinski definition) is 3. The van der Waals surface area contributed by atoms with Gasteiger partial charge in [-0.1, -0.05) is 43.0 Å². The second-order valence-corrected chi connectivity index (χ2v) is 8.47. The molecule has 3 aromatic rings. The number of carbonyl (C=O) groups excluding carboxylic acids is 1. The molecule has 10 heteroatoms. The van der Waals surface area contributed by atoms with Gasteiger partial charge in [-0.05, 0) is 42.5 Å². The number of para-hydroxylation sites is 2. The number of rotatable bonds is 7. The average molecular weight is 466 g/mol. The molecule has 1 amide bonds. The second-order valence-electron chi connectivity index (χ2n) is 7.24. The number of fused-ring (bicyclic) bond motifs is 1. The van der Waals surface area contributed by atoms with Gasteiger partial charge in [0.05, 0.1) is 23.9 Å². The molecule has 0 fully saturated rings. The van der Waals surface area contributed by atoms with Crippen LogP contribution < -0.4 is 15.4 Å². The molecule has 0 bridgehead atoms. The fourth-order valence-electron chi connectivity index (χ4n) is 3.67. The number of methoxy groups -OCH3 is 1. The van der Waals surface area contributed by atoms with E-state index in [9.17, 15) is 14.7 Å². The molecule has 0 radical (unpaired) electrons. The number of carboxylic acid groups (broad SMARTS) is 1. The van der Waals surface area contributed by atoms with Crippen molar-refractivity contribution >= 4 is 35.3 Å². The molecule has 2 heterocycles. The number of hydrogen-bond acceptors (Lipinski definition) is 7. The van der Waals surface area contributed by atoms with Gasteiger partial charge in [0.1, 0.15) is 11.8 Å². The number of allylic oxidation sites excluding steroid dienone is 1. The van der Waals surface area contributed by atoms with Crippen molar-refractivity contribution in [2.75, 3.05) is 23.5 Å². The quantitative estimate of drug-likeness (QED) is 0.448. The molecule has 0 spiro atoms. The summed E-state index contributed by atoms with van der Waals surface area (Å²) in [6.07, 6.45) is 0. The van der Waals surface area contributed by atoms with Crippen LogP contribution in [0.1, 0.15) is 35.8 Å². The Morgan fingerprint density at radius 3 is 2.61 bits per heavy atom. The number of benzene rings is 2. The van der Waals surface area contributed by atoms with Crippen molar-refractivity contribution < 1.29 is 19.4 Å². The summed E-state index contributed by atoms with van der Waals surface area (Å²) in [5.74, 6) is 0.510. The van der Waals surface area contributed by atoms with Crippen LogP contribution in [0.25, 0.3) is 0 Å². The van der Waals surface area contributed by atoms with Gasteiger partial charge in [0.2, 0.25) is 11.1 Å². The highest BCUT2D eigenvalue weighted by Gasteiger charge is 2.34. The number of ether oxygens (including phenoxy) is 1. The largest absolute Gasteiger partial charge is 0.495 e. The predicted molar refractivity (Wildman–Crippen MR) is 126 cm³/mol. The zero-order chi connectivity index (χ0) is 23.5. The van der Waals surface area contributed by atoms with E-state index >= 15 is 0 Å². The van der Waals surface area contributed by atoms with Gasteiger partial charge >= 0.3 is 5.97 Å². The SMILES string of the molecule is CCSc1nc2n(n1)[C@H](c1ccc(C(=O)O)cc1)C(C(=O)Nc1ccccc1OC)=C(C)N2. The van der Waals surface area contributed by atoms with E-state index in [2.05, 4.69) is 20.7 Å². The minimum atomic E-state index is -1.02. The molecule has 0 saturated heterocycles. The molecule has 3 N–H and O–H groups in total. The highest BCUT2D eigenvalue weighted by atomic mass is 32.2. The highest BCUT2D eigenvalue weighted by Crippen LogP contribution is 2.37. The molecule has 2 aromatic carbocycles. The van der Waals surface area contributed by atoms with Crippen LogP contribution in [0, 0.1) is 0 Å². The Balaban J connectivity index is 1.78. The fourth-order valence-corrected chi connectivity index (χ4v) is 4.22. The van der Waals surface area contributed by atoms with Gasteiger partial charge in [-0.3, -0.25) is 4.79 Å². The molecule has 170 valence electrons. The molecular weight excluding hydrogens is 442 g/mol. The number of thioether (sulfide) groups is 1. The molecule has 1 aliphatic heterocycles. The minimum Gasteiger partial charge on any atom is -0.495 e. The Morgan fingerprint density at radius 2 is 1.94 bits per heavy atom. The number of carbonyl (C=O) groups is 2. The van der Waals surface area contributed by atoms with Crippen LogP contribution in [-0.2, 0) is 4.79 Å². The van der Waals surface area contributed by atoms with E-state index in [1.165, 1.54) is 23.9 Å². The number of nitrogens with one attached hydrogen (secondary N) is 2. The van der Waals surface area contributed by atoms with Crippen LogP contribution in [0.5, 0.6) is 5.75 Å². The van der Waals surface area contributed by atoms with E-state index in [1.807, 2.05) is 19.1 Å². The molecule has 4 rings (SSSR count). The number of amides is 1. The summed E-state index contributed by atoms with van der Waals surface area (Å²) < 4.78 is 7.03. The number of carboxylic acids is 1. The Hall–Kier alpha value is -3.79. The summed E-state index contributed by atoms with van der Waals surface area (Å²) in [6, 6.07) is 13.0. The van der Waals surface area contributed by atoms with E-state index in [4.69, 9.17) is 4.74 Å². The standard InChI is InChI=1S/C23H23N5O4S/c1-4-33-23-26-22-24-13(2)18(20(29)25-16-7-5-6-8-17(16)32-3)19(28(22)27-23)14-9-11-15(12-10-14)21(30)31/h5-12,19H,4H2,1-3H3,(H,25,29)(H,30,31)(H,24,26,27)/t19-/m1/s1. The molecule has 33 heavy (non-hydrogen) atoms. The Labute approximate surface area is 194 Å². The van der Waals surface area contributed by atoms with Crippen LogP contribution in [0.2, 0.25) is 0 Å². The van der Waals surface area contributed by atoms with E-state index in [-0.39, 0.29) is 11.5 Å². The summed E-state index contributed by atoms with van der Waals surface area (Å²) in [7, 11) is 1.54. The maximum Gasteiger partial charge on any atom is 0.335 e. The van der Waals surface area contributed by atoms with E-state index < -0.39 is 12.0 Å². The molecule has 9 nitrogen and oxygen atoms in total. The second kappa shape index (κ2) is 9.37. The topological polar surface area (TPSA) is 118 Å². The lowest BCUT2D eigenvalue weighted by atomic mass is 9.94. The minimum absolute atomic E-state index is 0.162. The summed E-state index contributed by atoms with van der Waals surface area (Å²) in [5, 5.41) is 20.6. The lowest BCUT2D eigenvalue weighted by molar-refractivity contribution is -0.113. The lowest BCUT2D eigenvalue weighted by Crippen LogP contribution is -2.31. The van der Waals surface area contributed by atoms with Crippen LogP contribution in [-0.4, -0.2) is 44.6 Å². The van der Waals surface area contributed by atoms with Gasteiger partial charge in [0.15, 0.2) is 0 Å². The van der Waals surface area contributed by atoms with Crippen molar-refractivity contribution in [1.29, 1.82) is 0 Å². The van der Waals surface area contributed by atoms with E-state index in [0.717, 1.165) is 5.75 Å². The summed E-state index contributed by atoms with van der Waals surface area (Å²) in [5.41, 5.74) is 2.48. The van der Waals surface area contributed by atoms with E-state index in [1.54, 1.807) is 43.0 Å². The van der Waals surface area contributed by atoms with Crippen LogP contribution >= 0.6 is 11.8 Å². The third kappa shape index (κ3) is 4.42. The average Bonchev–Trinajstić information content (AvgIpc) is 3.20. The number of nitrogens with zero attached hydrogens (tertiary/aromatic N) is 3. The first-order chi connectivity index (χ1) is 15.9. The molecule has 0 unspecified atom stereocenters. The first-order valence-corrected chi connectivity index (χ1v) is 11.3. The number of anilines is 2. The van der Waals surface area contributed by atoms with Crippen molar-refractivity contribution in [1.82, 2.24) is 14.8 Å². The highest BCUT2D eigenvalue weighted by molar-refractivity contribution is 7.99. The third-order valence-corrected chi connectivity index (χ3v) is 5.90. The third-order valence-electron chi connectivity index (χ3n) is 5.18. The van der Waals surface area contributed by atoms with Gasteiger partial charge in [0.25, 0.3) is 5.91 Å². The van der Waals surface area contributed by atoms with Crippen LogP contribution in [0.3, 0.4) is 0 Å². The molecule has 1 aromatic heterocycles. The molecular formula is C23H23N5O4S. The van der Waals surface area contributed by atoms with Gasteiger partial charge in [-0.15, -0.1) is 5.10 Å². The van der Waals surface area contributed by atoms with Gasteiger partial charge in [-0.25, -0.2) is 9.48 Å². The predicted octanol–water partition coefficient (Wildman–Crippen LogP) is 4.02. The maximum atomic E-state index is 13.5. The number of aromatic nitrogens is 3. The molecule has 1 atom stereocenters. The summed E-state index contributed by atoms with van der Waals surface area (Å²) >= 11 is 1.49. The number of aromatic carboxylic acids is 1. The normalized spacial score (nSPS) is 14.9. The van der Waals surface area contributed by atoms with Gasteiger partial charge in [0, 0.05) is 5.70 Å². The van der Waals surface area contributed by atoms with Gasteiger partial charge < -0.3 is 20.5 Å². The van der Waals surface area contributed by atoms with E-state index in [0.29, 0.717) is 39.4 Å². The molecule has 0 saturated carbocycles. The molecule has 1 aliphatic rings. The van der Waals surface area contributed by atoms with Gasteiger partial charge in [-0.2, -0.15) is 4.98 Å². The zero-order valence-corrected chi connectivity index (χ0v) is 19.1.